The average molecular weight is 412 g/mol. The highest BCUT2D eigenvalue weighted by Crippen LogP contribution is 2.29. The van der Waals surface area contributed by atoms with Crippen LogP contribution in [0.3, 0.4) is 0 Å². The molecule has 1 aliphatic rings. The molecule has 6 heteroatoms. The molecule has 3 rings (SSSR count). The van der Waals surface area contributed by atoms with E-state index in [1.165, 1.54) is 0 Å². The lowest BCUT2D eigenvalue weighted by atomic mass is 9.96. The number of piperidine rings is 1. The molecular formula is C20H21Cl3N2O. The number of rotatable bonds is 4. The molecule has 26 heavy (non-hydrogen) atoms. The van der Waals surface area contributed by atoms with E-state index in [0.717, 1.165) is 36.2 Å². The molecule has 2 aromatic carbocycles. The third kappa shape index (κ3) is 4.52. The molecule has 0 aliphatic carbocycles. The molecule has 0 spiro atoms. The van der Waals surface area contributed by atoms with E-state index in [9.17, 15) is 4.79 Å². The molecule has 3 nitrogen and oxygen atoms in total. The van der Waals surface area contributed by atoms with Crippen molar-refractivity contribution < 1.29 is 4.79 Å². The molecule has 1 aliphatic heterocycles. The van der Waals surface area contributed by atoms with Gasteiger partial charge >= 0.3 is 0 Å². The Balaban J connectivity index is 1.66. The van der Waals surface area contributed by atoms with E-state index in [-0.39, 0.29) is 11.8 Å². The number of benzene rings is 2. The molecule has 138 valence electrons. The zero-order chi connectivity index (χ0) is 18.7. The van der Waals surface area contributed by atoms with E-state index in [1.54, 1.807) is 0 Å². The lowest BCUT2D eigenvalue weighted by molar-refractivity contribution is -0.121. The van der Waals surface area contributed by atoms with Crippen LogP contribution in [0.25, 0.3) is 0 Å². The van der Waals surface area contributed by atoms with Crippen LogP contribution in [0.15, 0.2) is 36.4 Å². The monoisotopic (exact) mass is 410 g/mol. The first-order valence-corrected chi connectivity index (χ1v) is 9.80. The van der Waals surface area contributed by atoms with Crippen molar-refractivity contribution in [1.82, 2.24) is 4.90 Å². The van der Waals surface area contributed by atoms with Gasteiger partial charge in [-0.15, -0.1) is 0 Å². The summed E-state index contributed by atoms with van der Waals surface area (Å²) in [6.07, 6.45) is 1.84. The third-order valence-corrected chi connectivity index (χ3v) is 5.96. The van der Waals surface area contributed by atoms with Crippen LogP contribution in [0.5, 0.6) is 0 Å². The van der Waals surface area contributed by atoms with E-state index in [1.807, 2.05) is 43.3 Å². The second-order valence-electron chi connectivity index (χ2n) is 6.68. The van der Waals surface area contributed by atoms with Crippen molar-refractivity contribution in [2.24, 2.45) is 5.92 Å². The fourth-order valence-corrected chi connectivity index (χ4v) is 3.99. The van der Waals surface area contributed by atoms with Crippen LogP contribution in [-0.2, 0) is 11.3 Å². The highest BCUT2D eigenvalue weighted by atomic mass is 35.5. The van der Waals surface area contributed by atoms with E-state index >= 15 is 0 Å². The summed E-state index contributed by atoms with van der Waals surface area (Å²) in [6.45, 7) is 4.18. The minimum absolute atomic E-state index is 0.0327. The molecule has 1 saturated heterocycles. The van der Waals surface area contributed by atoms with Gasteiger partial charge in [0.05, 0.1) is 5.92 Å². The molecule has 1 heterocycles. The summed E-state index contributed by atoms with van der Waals surface area (Å²) >= 11 is 18.7. The van der Waals surface area contributed by atoms with Crippen molar-refractivity contribution in [2.45, 2.75) is 26.3 Å². The fourth-order valence-electron chi connectivity index (χ4n) is 3.30. The molecule has 1 unspecified atom stereocenters. The smallest absolute Gasteiger partial charge is 0.228 e. The molecule has 1 atom stereocenters. The summed E-state index contributed by atoms with van der Waals surface area (Å²) in [5.41, 5.74) is 2.58. The summed E-state index contributed by atoms with van der Waals surface area (Å²) in [5.74, 6) is -0.0336. The van der Waals surface area contributed by atoms with E-state index < -0.39 is 0 Å². The van der Waals surface area contributed by atoms with Crippen LogP contribution in [0.4, 0.5) is 5.69 Å². The Labute approximate surface area is 169 Å². The summed E-state index contributed by atoms with van der Waals surface area (Å²) < 4.78 is 0. The number of carbonyl (C=O) groups is 1. The molecule has 2 aromatic rings. The molecular weight excluding hydrogens is 391 g/mol. The second kappa shape index (κ2) is 8.62. The van der Waals surface area contributed by atoms with Crippen molar-refractivity contribution in [2.75, 3.05) is 18.4 Å². The topological polar surface area (TPSA) is 32.3 Å². The van der Waals surface area contributed by atoms with Gasteiger partial charge in [0, 0.05) is 39.4 Å². The number of carbonyl (C=O) groups excluding carboxylic acids is 1. The number of halogens is 3. The van der Waals surface area contributed by atoms with Crippen LogP contribution in [0.2, 0.25) is 15.1 Å². The van der Waals surface area contributed by atoms with Crippen LogP contribution in [0.1, 0.15) is 24.0 Å². The Morgan fingerprint density at radius 2 is 1.77 bits per heavy atom. The predicted octanol–water partition coefficient (Wildman–Crippen LogP) is 5.81. The van der Waals surface area contributed by atoms with E-state index in [0.29, 0.717) is 28.2 Å². The molecule has 0 aromatic heterocycles. The minimum atomic E-state index is -0.0663. The van der Waals surface area contributed by atoms with Gasteiger partial charge in [0.2, 0.25) is 5.91 Å². The number of hydrogen-bond donors (Lipinski definition) is 1. The largest absolute Gasteiger partial charge is 0.326 e. The van der Waals surface area contributed by atoms with Gasteiger partial charge in [0.25, 0.3) is 0 Å². The van der Waals surface area contributed by atoms with Crippen LogP contribution in [0, 0.1) is 12.8 Å². The standard InChI is InChI=1S/C20H21Cl3N2O/c1-13-16(21)6-3-9-19(13)24-20(26)14-5-4-10-25(11-14)12-15-17(22)7-2-8-18(15)23/h2-3,6-9,14H,4-5,10-12H2,1H3,(H,24,26). The number of nitrogens with zero attached hydrogens (tertiary/aromatic N) is 1. The number of nitrogens with one attached hydrogen (secondary N) is 1. The highest BCUT2D eigenvalue weighted by molar-refractivity contribution is 6.36. The summed E-state index contributed by atoms with van der Waals surface area (Å²) in [6, 6.07) is 11.1. The van der Waals surface area contributed by atoms with Gasteiger partial charge in [-0.3, -0.25) is 9.69 Å². The van der Waals surface area contributed by atoms with Gasteiger partial charge in [-0.2, -0.15) is 0 Å². The number of anilines is 1. The minimum Gasteiger partial charge on any atom is -0.326 e. The zero-order valence-corrected chi connectivity index (χ0v) is 16.8. The quantitative estimate of drug-likeness (QED) is 0.689. The van der Waals surface area contributed by atoms with Crippen LogP contribution in [-0.4, -0.2) is 23.9 Å². The Morgan fingerprint density at radius 3 is 2.50 bits per heavy atom. The van der Waals surface area contributed by atoms with Crippen molar-refractivity contribution in [3.63, 3.8) is 0 Å². The molecule has 0 radical (unpaired) electrons. The van der Waals surface area contributed by atoms with Gasteiger partial charge in [0.1, 0.15) is 0 Å². The maximum absolute atomic E-state index is 12.7. The van der Waals surface area contributed by atoms with Crippen molar-refractivity contribution >= 4 is 46.4 Å². The lowest BCUT2D eigenvalue weighted by Crippen LogP contribution is -2.40. The molecule has 1 fully saturated rings. The zero-order valence-electron chi connectivity index (χ0n) is 14.6. The first-order chi connectivity index (χ1) is 12.5. The van der Waals surface area contributed by atoms with Gasteiger partial charge in [-0.05, 0) is 56.1 Å². The van der Waals surface area contributed by atoms with Crippen LogP contribution >= 0.6 is 34.8 Å². The SMILES string of the molecule is Cc1c(Cl)cccc1NC(=O)C1CCCN(Cc2c(Cl)cccc2Cl)C1. The molecule has 1 N–H and O–H groups in total. The van der Waals surface area contributed by atoms with Crippen LogP contribution < -0.4 is 5.32 Å². The van der Waals surface area contributed by atoms with Crippen molar-refractivity contribution in [1.29, 1.82) is 0 Å². The van der Waals surface area contributed by atoms with Crippen molar-refractivity contribution in [3.8, 4) is 0 Å². The summed E-state index contributed by atoms with van der Waals surface area (Å²) in [5, 5.41) is 5.01. The van der Waals surface area contributed by atoms with Gasteiger partial charge in [-0.25, -0.2) is 0 Å². The van der Waals surface area contributed by atoms with Gasteiger partial charge in [-0.1, -0.05) is 46.9 Å². The highest BCUT2D eigenvalue weighted by Gasteiger charge is 2.27. The Morgan fingerprint density at radius 1 is 1.12 bits per heavy atom. The number of hydrogen-bond acceptors (Lipinski definition) is 2. The first-order valence-electron chi connectivity index (χ1n) is 8.67. The third-order valence-electron chi connectivity index (χ3n) is 4.85. The Bertz CT molecular complexity index is 789. The van der Waals surface area contributed by atoms with Crippen molar-refractivity contribution in [3.05, 3.63) is 62.6 Å². The average Bonchev–Trinajstić information content (AvgIpc) is 2.62. The van der Waals surface area contributed by atoms with E-state index in [2.05, 4.69) is 10.2 Å². The Kier molecular flexibility index (Phi) is 6.46. The maximum Gasteiger partial charge on any atom is 0.228 e. The Hall–Kier alpha value is -1.26. The van der Waals surface area contributed by atoms with Gasteiger partial charge < -0.3 is 5.32 Å². The van der Waals surface area contributed by atoms with E-state index in [4.69, 9.17) is 34.8 Å². The fraction of sp³-hybridized carbons (Fsp3) is 0.350. The molecule has 0 bridgehead atoms. The number of likely N-dealkylation sites (tertiary alicyclic amines) is 1. The number of amides is 1. The first kappa shape index (κ1) is 19.5. The molecule has 0 saturated carbocycles. The maximum atomic E-state index is 12.7. The summed E-state index contributed by atoms with van der Waals surface area (Å²) in [7, 11) is 0. The molecule has 1 amide bonds. The summed E-state index contributed by atoms with van der Waals surface area (Å²) in [4.78, 5) is 15.0. The predicted molar refractivity (Wildman–Crippen MR) is 109 cm³/mol. The van der Waals surface area contributed by atoms with Gasteiger partial charge in [0.15, 0.2) is 0 Å². The normalized spacial score (nSPS) is 17.9. The second-order valence-corrected chi connectivity index (χ2v) is 7.90. The lowest BCUT2D eigenvalue weighted by Gasteiger charge is -2.32.